The minimum absolute atomic E-state index is 0.374. The number of hydrogen-bond acceptors (Lipinski definition) is 3. The molecule has 1 aromatic rings. The van der Waals surface area contributed by atoms with Crippen LogP contribution in [0, 0.1) is 0 Å². The van der Waals surface area contributed by atoms with Gasteiger partial charge in [-0.2, -0.15) is 13.2 Å². The molecule has 2 N–H and O–H groups in total. The molecule has 0 aromatic carbocycles. The van der Waals surface area contributed by atoms with Crippen LogP contribution in [0.5, 0.6) is 0 Å². The first kappa shape index (κ1) is 11.1. The van der Waals surface area contributed by atoms with E-state index in [4.69, 9.17) is 16.7 Å². The number of carboxylic acid groups (broad SMARTS) is 1. The molecule has 1 amide bonds. The van der Waals surface area contributed by atoms with Gasteiger partial charge in [0, 0.05) is 0 Å². The predicted molar refractivity (Wildman–Crippen MR) is 43.8 cm³/mol. The number of anilines is 1. The highest BCUT2D eigenvalue weighted by molar-refractivity contribution is 7.19. The van der Waals surface area contributed by atoms with Gasteiger partial charge in [0.1, 0.15) is 5.00 Å². The van der Waals surface area contributed by atoms with Gasteiger partial charge in [-0.1, -0.05) is 22.9 Å². The first-order valence-electron chi connectivity index (χ1n) is 3.04. The summed E-state index contributed by atoms with van der Waals surface area (Å²) in [6, 6.07) is 0. The maximum Gasteiger partial charge on any atom is 0.436 e. The fourth-order valence-electron chi connectivity index (χ4n) is 0.668. The van der Waals surface area contributed by atoms with Gasteiger partial charge < -0.3 is 5.11 Å². The molecule has 14 heavy (non-hydrogen) atoms. The lowest BCUT2D eigenvalue weighted by Gasteiger charge is -2.04. The van der Waals surface area contributed by atoms with Crippen molar-refractivity contribution in [2.75, 3.05) is 5.32 Å². The quantitative estimate of drug-likeness (QED) is 0.801. The van der Waals surface area contributed by atoms with Gasteiger partial charge in [0.2, 0.25) is 0 Å². The molecule has 0 bridgehead atoms. The van der Waals surface area contributed by atoms with Gasteiger partial charge in [0.25, 0.3) is 0 Å². The smallest absolute Gasteiger partial charge is 0.436 e. The van der Waals surface area contributed by atoms with E-state index in [0.717, 1.165) is 0 Å². The molecule has 0 fully saturated rings. The first-order chi connectivity index (χ1) is 6.30. The average molecular weight is 247 g/mol. The lowest BCUT2D eigenvalue weighted by molar-refractivity contribution is -0.140. The SMILES string of the molecule is O=C(O)Nc1sc(Cl)nc1C(F)(F)F. The number of halogens is 4. The third-order valence-electron chi connectivity index (χ3n) is 1.09. The number of amides is 1. The minimum Gasteiger partial charge on any atom is -0.465 e. The van der Waals surface area contributed by atoms with Crippen LogP contribution in [0.4, 0.5) is 23.0 Å². The molecule has 78 valence electrons. The third kappa shape index (κ3) is 2.48. The Labute approximate surface area is 84.3 Å². The van der Waals surface area contributed by atoms with Gasteiger partial charge in [-0.3, -0.25) is 5.32 Å². The van der Waals surface area contributed by atoms with E-state index in [1.165, 1.54) is 0 Å². The van der Waals surface area contributed by atoms with E-state index in [1.54, 1.807) is 5.32 Å². The second-order valence-corrected chi connectivity index (χ2v) is 3.65. The number of rotatable bonds is 1. The third-order valence-corrected chi connectivity index (χ3v) is 2.17. The van der Waals surface area contributed by atoms with Crippen molar-refractivity contribution in [3.63, 3.8) is 0 Å². The van der Waals surface area contributed by atoms with Crippen molar-refractivity contribution in [1.82, 2.24) is 4.98 Å². The van der Waals surface area contributed by atoms with Crippen molar-refractivity contribution in [1.29, 1.82) is 0 Å². The summed E-state index contributed by atoms with van der Waals surface area (Å²) >= 11 is 5.64. The zero-order valence-corrected chi connectivity index (χ0v) is 7.80. The predicted octanol–water partition coefficient (Wildman–Crippen LogP) is 2.91. The molecular weight excluding hydrogens is 245 g/mol. The van der Waals surface area contributed by atoms with Crippen LogP contribution >= 0.6 is 22.9 Å². The summed E-state index contributed by atoms with van der Waals surface area (Å²) in [7, 11) is 0. The molecule has 0 unspecified atom stereocenters. The molecule has 1 heterocycles. The van der Waals surface area contributed by atoms with Gasteiger partial charge in [-0.05, 0) is 0 Å². The lowest BCUT2D eigenvalue weighted by Crippen LogP contribution is -2.13. The van der Waals surface area contributed by atoms with Crippen LogP contribution in [0.15, 0.2) is 0 Å². The summed E-state index contributed by atoms with van der Waals surface area (Å²) in [4.78, 5) is 13.1. The standard InChI is InChI=1S/C5H2ClF3N2O2S/c6-3-10-1(5(7,8)9)2(14-3)11-4(12)13/h11H,(H,12,13). The molecule has 1 aromatic heterocycles. The second kappa shape index (κ2) is 3.62. The highest BCUT2D eigenvalue weighted by Gasteiger charge is 2.38. The molecule has 0 saturated carbocycles. The average Bonchev–Trinajstić information content (AvgIpc) is 2.28. The van der Waals surface area contributed by atoms with Crippen LogP contribution in [0.3, 0.4) is 0 Å². The van der Waals surface area contributed by atoms with Crippen LogP contribution in [0.2, 0.25) is 4.47 Å². The molecule has 0 radical (unpaired) electrons. The highest BCUT2D eigenvalue weighted by Crippen LogP contribution is 2.39. The maximum atomic E-state index is 12.2. The number of aromatic nitrogens is 1. The van der Waals surface area contributed by atoms with E-state index in [0.29, 0.717) is 11.3 Å². The van der Waals surface area contributed by atoms with Crippen molar-refractivity contribution in [2.24, 2.45) is 0 Å². The Hall–Kier alpha value is -1.02. The fourth-order valence-corrected chi connectivity index (χ4v) is 1.69. The van der Waals surface area contributed by atoms with E-state index in [2.05, 4.69) is 4.98 Å². The van der Waals surface area contributed by atoms with E-state index in [-0.39, 0.29) is 4.47 Å². The van der Waals surface area contributed by atoms with E-state index >= 15 is 0 Å². The van der Waals surface area contributed by atoms with Gasteiger partial charge in [-0.25, -0.2) is 9.78 Å². The largest absolute Gasteiger partial charge is 0.465 e. The maximum absolute atomic E-state index is 12.2. The van der Waals surface area contributed by atoms with Crippen LogP contribution in [0.25, 0.3) is 0 Å². The van der Waals surface area contributed by atoms with Gasteiger partial charge in [-0.15, -0.1) is 0 Å². The number of thiazole rings is 1. The lowest BCUT2D eigenvalue weighted by atomic mass is 10.4. The molecule has 4 nitrogen and oxygen atoms in total. The molecule has 0 spiro atoms. The fraction of sp³-hybridized carbons (Fsp3) is 0.200. The number of alkyl halides is 3. The van der Waals surface area contributed by atoms with Crippen molar-refractivity contribution in [3.8, 4) is 0 Å². The second-order valence-electron chi connectivity index (χ2n) is 2.07. The molecule has 0 aliphatic rings. The number of carbonyl (C=O) groups is 1. The van der Waals surface area contributed by atoms with Crippen molar-refractivity contribution in [2.45, 2.75) is 6.18 Å². The number of hydrogen-bond donors (Lipinski definition) is 2. The summed E-state index contributed by atoms with van der Waals surface area (Å²) in [6.45, 7) is 0. The van der Waals surface area contributed by atoms with Crippen LogP contribution < -0.4 is 5.32 Å². The van der Waals surface area contributed by atoms with Crippen molar-refractivity contribution >= 4 is 34.0 Å². The summed E-state index contributed by atoms with van der Waals surface area (Å²) in [5.74, 6) is 0. The van der Waals surface area contributed by atoms with E-state index in [9.17, 15) is 18.0 Å². The Morgan fingerprint density at radius 1 is 1.57 bits per heavy atom. The summed E-state index contributed by atoms with van der Waals surface area (Å²) in [5, 5.41) is 9.16. The Morgan fingerprint density at radius 2 is 2.14 bits per heavy atom. The first-order valence-corrected chi connectivity index (χ1v) is 4.23. The molecule has 0 saturated heterocycles. The number of nitrogens with zero attached hydrogens (tertiary/aromatic N) is 1. The Bertz CT molecular complexity index is 364. The summed E-state index contributed by atoms with van der Waals surface area (Å²) < 4.78 is 36.1. The molecule has 0 atom stereocenters. The topological polar surface area (TPSA) is 62.2 Å². The normalized spacial score (nSPS) is 11.4. The zero-order chi connectivity index (χ0) is 10.9. The van der Waals surface area contributed by atoms with E-state index in [1.807, 2.05) is 0 Å². The Balaban J connectivity index is 3.09. The Morgan fingerprint density at radius 3 is 2.57 bits per heavy atom. The van der Waals surface area contributed by atoms with Crippen molar-refractivity contribution in [3.05, 3.63) is 10.2 Å². The molecule has 0 aliphatic heterocycles. The van der Waals surface area contributed by atoms with E-state index < -0.39 is 23.0 Å². The highest BCUT2D eigenvalue weighted by atomic mass is 35.5. The minimum atomic E-state index is -4.72. The summed E-state index contributed by atoms with van der Waals surface area (Å²) in [6.07, 6.45) is -6.32. The van der Waals surface area contributed by atoms with Gasteiger partial charge >= 0.3 is 12.3 Å². The molecule has 0 aliphatic carbocycles. The van der Waals surface area contributed by atoms with Gasteiger partial charge in [0.15, 0.2) is 10.2 Å². The monoisotopic (exact) mass is 246 g/mol. The molecule has 1 rings (SSSR count). The zero-order valence-electron chi connectivity index (χ0n) is 6.22. The summed E-state index contributed by atoms with van der Waals surface area (Å²) in [5.41, 5.74) is -1.32. The molecule has 9 heteroatoms. The number of nitrogens with one attached hydrogen (secondary N) is 1. The Kier molecular flexibility index (Phi) is 2.86. The van der Waals surface area contributed by atoms with Crippen LogP contribution in [-0.4, -0.2) is 16.2 Å². The van der Waals surface area contributed by atoms with Crippen LogP contribution in [0.1, 0.15) is 5.69 Å². The van der Waals surface area contributed by atoms with Crippen LogP contribution in [-0.2, 0) is 6.18 Å². The molecular formula is C5H2ClF3N2O2S. The van der Waals surface area contributed by atoms with Gasteiger partial charge in [0.05, 0.1) is 0 Å². The van der Waals surface area contributed by atoms with Crippen molar-refractivity contribution < 1.29 is 23.1 Å².